The zero-order valence-electron chi connectivity index (χ0n) is 7.87. The summed E-state index contributed by atoms with van der Waals surface area (Å²) in [5.41, 5.74) is 0.0914. The highest BCUT2D eigenvalue weighted by atomic mass is 16.5. The van der Waals surface area contributed by atoms with Crippen LogP contribution in [0.25, 0.3) is 0 Å². The molecule has 0 aliphatic carbocycles. The smallest absolute Gasteiger partial charge is 0.357 e. The molecule has 0 aliphatic rings. The van der Waals surface area contributed by atoms with Crippen LogP contribution in [0.4, 0.5) is 0 Å². The van der Waals surface area contributed by atoms with Gasteiger partial charge in [-0.3, -0.25) is 0 Å². The lowest BCUT2D eigenvalue weighted by molar-refractivity contribution is -0.134. The molecule has 0 N–H and O–H groups in total. The molecule has 0 saturated carbocycles. The van der Waals surface area contributed by atoms with E-state index in [1.807, 2.05) is 0 Å². The highest BCUT2D eigenvalue weighted by Gasteiger charge is 2.08. The lowest BCUT2D eigenvalue weighted by Gasteiger charge is -2.01. The summed E-state index contributed by atoms with van der Waals surface area (Å²) in [6, 6.07) is 0. The van der Waals surface area contributed by atoms with Gasteiger partial charge in [0.05, 0.1) is 13.7 Å². The van der Waals surface area contributed by atoms with Gasteiger partial charge in [-0.25, -0.2) is 9.79 Å². The molecule has 0 rings (SSSR count). The Kier molecular flexibility index (Phi) is 5.27. The Labute approximate surface area is 77.6 Å². The third kappa shape index (κ3) is 4.10. The predicted octanol–water partition coefficient (Wildman–Crippen LogP) is 1.29. The summed E-state index contributed by atoms with van der Waals surface area (Å²) in [6.07, 6.45) is 1.29. The maximum absolute atomic E-state index is 11.1. The number of hydrogen-bond donors (Lipinski definition) is 0. The van der Waals surface area contributed by atoms with Gasteiger partial charge < -0.3 is 9.47 Å². The number of ether oxygens (including phenoxy) is 2. The number of esters is 1. The van der Waals surface area contributed by atoms with Crippen molar-refractivity contribution in [2.45, 2.75) is 6.92 Å². The van der Waals surface area contributed by atoms with E-state index in [4.69, 9.17) is 4.74 Å². The highest BCUT2D eigenvalue weighted by Crippen LogP contribution is 1.96. The van der Waals surface area contributed by atoms with Crippen LogP contribution in [-0.2, 0) is 14.3 Å². The van der Waals surface area contributed by atoms with Gasteiger partial charge in [-0.05, 0) is 19.6 Å². The van der Waals surface area contributed by atoms with E-state index in [1.165, 1.54) is 13.2 Å². The molecule has 0 saturated heterocycles. The van der Waals surface area contributed by atoms with Crippen LogP contribution in [-0.4, -0.2) is 25.4 Å². The fourth-order valence-electron chi connectivity index (χ4n) is 0.560. The summed E-state index contributed by atoms with van der Waals surface area (Å²) in [5.74, 6) is -0.390. The number of nitrogens with zero attached hydrogens (tertiary/aromatic N) is 1. The molecular weight excluding hydrogens is 170 g/mol. The molecule has 0 radical (unpaired) electrons. The van der Waals surface area contributed by atoms with Crippen LogP contribution in [0, 0.1) is 0 Å². The molecule has 13 heavy (non-hydrogen) atoms. The number of aliphatic imine (C=N–C) groups is 1. The summed E-state index contributed by atoms with van der Waals surface area (Å²) >= 11 is 0. The third-order valence-electron chi connectivity index (χ3n) is 1.16. The van der Waals surface area contributed by atoms with Crippen LogP contribution in [0.2, 0.25) is 0 Å². The third-order valence-corrected chi connectivity index (χ3v) is 1.16. The molecule has 4 nitrogen and oxygen atoms in total. The second-order valence-electron chi connectivity index (χ2n) is 2.02. The van der Waals surface area contributed by atoms with Gasteiger partial charge in [-0.15, -0.1) is 0 Å². The van der Waals surface area contributed by atoms with Crippen molar-refractivity contribution < 1.29 is 14.3 Å². The number of hydrogen-bond acceptors (Lipinski definition) is 4. The topological polar surface area (TPSA) is 47.9 Å². The molecule has 4 heteroatoms. The first kappa shape index (κ1) is 11.4. The van der Waals surface area contributed by atoms with Gasteiger partial charge in [0.1, 0.15) is 0 Å². The van der Waals surface area contributed by atoms with Gasteiger partial charge in [0, 0.05) is 0 Å². The van der Waals surface area contributed by atoms with Crippen LogP contribution in [0.5, 0.6) is 0 Å². The summed E-state index contributed by atoms with van der Waals surface area (Å²) in [7, 11) is 1.41. The maximum atomic E-state index is 11.1. The highest BCUT2D eigenvalue weighted by molar-refractivity contribution is 6.41. The van der Waals surface area contributed by atoms with Gasteiger partial charge in [-0.1, -0.05) is 6.58 Å². The molecule has 0 bridgehead atoms. The lowest BCUT2D eigenvalue weighted by Crippen LogP contribution is -2.15. The van der Waals surface area contributed by atoms with Crippen molar-refractivity contribution in [3.63, 3.8) is 0 Å². The molecule has 0 heterocycles. The Morgan fingerprint density at radius 1 is 1.62 bits per heavy atom. The molecule has 0 spiro atoms. The molecule has 0 unspecified atom stereocenters. The van der Waals surface area contributed by atoms with Gasteiger partial charge in [0.15, 0.2) is 5.71 Å². The van der Waals surface area contributed by atoms with Crippen molar-refractivity contribution >= 4 is 11.7 Å². The minimum Gasteiger partial charge on any atom is -0.481 e. The molecule has 0 atom stereocenters. The monoisotopic (exact) mass is 183 g/mol. The van der Waals surface area contributed by atoms with E-state index in [0.717, 1.165) is 0 Å². The van der Waals surface area contributed by atoms with E-state index in [1.54, 1.807) is 6.92 Å². The van der Waals surface area contributed by atoms with Crippen molar-refractivity contribution in [1.29, 1.82) is 0 Å². The fourth-order valence-corrected chi connectivity index (χ4v) is 0.560. The summed E-state index contributed by atoms with van der Waals surface area (Å²) in [5, 5.41) is 0. The summed E-state index contributed by atoms with van der Waals surface area (Å²) in [6.45, 7) is 8.87. The average molecular weight is 183 g/mol. The number of carbonyl (C=O) groups is 1. The van der Waals surface area contributed by atoms with Crippen molar-refractivity contribution in [1.82, 2.24) is 0 Å². The molecule has 0 amide bonds. The number of carbonyl (C=O) groups excluding carboxylic acids is 1. The van der Waals surface area contributed by atoms with Gasteiger partial charge in [-0.2, -0.15) is 0 Å². The molecule has 0 aromatic carbocycles. The van der Waals surface area contributed by atoms with Crippen LogP contribution >= 0.6 is 0 Å². The number of methoxy groups -OCH3 is 1. The van der Waals surface area contributed by atoms with E-state index in [2.05, 4.69) is 22.9 Å². The predicted molar refractivity (Wildman–Crippen MR) is 50.4 cm³/mol. The molecule has 0 aliphatic heterocycles. The van der Waals surface area contributed by atoms with Crippen LogP contribution < -0.4 is 0 Å². The second-order valence-corrected chi connectivity index (χ2v) is 2.02. The Morgan fingerprint density at radius 3 is 2.62 bits per heavy atom. The normalized spacial score (nSPS) is 10.5. The van der Waals surface area contributed by atoms with Gasteiger partial charge >= 0.3 is 5.97 Å². The van der Waals surface area contributed by atoms with Crippen molar-refractivity contribution in [3.05, 3.63) is 25.1 Å². The maximum Gasteiger partial charge on any atom is 0.357 e. The van der Waals surface area contributed by atoms with Crippen LogP contribution in [0.1, 0.15) is 6.92 Å². The van der Waals surface area contributed by atoms with Crippen molar-refractivity contribution in [2.75, 3.05) is 13.7 Å². The first-order valence-corrected chi connectivity index (χ1v) is 3.76. The molecule has 0 aromatic heterocycles. The van der Waals surface area contributed by atoms with E-state index >= 15 is 0 Å². The Hall–Kier alpha value is -1.58. The summed E-state index contributed by atoms with van der Waals surface area (Å²) < 4.78 is 9.38. The zero-order valence-corrected chi connectivity index (χ0v) is 7.87. The van der Waals surface area contributed by atoms with Crippen LogP contribution in [0.15, 0.2) is 30.1 Å². The van der Waals surface area contributed by atoms with Crippen molar-refractivity contribution in [3.8, 4) is 0 Å². The Balaban J connectivity index is 4.49. The fraction of sp³-hybridized carbons (Fsp3) is 0.333. The average Bonchev–Trinajstić information content (AvgIpc) is 2.14. The standard InChI is InChI=1S/C9H13NO3/c1-5-8(9(11)13-6-2)10-7(3)12-4/h5H,1,3,6H2,2,4H3. The SMILES string of the molecule is C=CC(=NC(=C)OC)C(=O)OCC. The van der Waals surface area contributed by atoms with E-state index in [-0.39, 0.29) is 11.6 Å². The minimum atomic E-state index is -0.532. The van der Waals surface area contributed by atoms with E-state index in [9.17, 15) is 4.79 Å². The Bertz CT molecular complexity index is 243. The number of rotatable bonds is 5. The van der Waals surface area contributed by atoms with E-state index < -0.39 is 5.97 Å². The van der Waals surface area contributed by atoms with Gasteiger partial charge in [0.25, 0.3) is 0 Å². The second kappa shape index (κ2) is 5.99. The molecule has 0 aromatic rings. The summed E-state index contributed by atoms with van der Waals surface area (Å²) in [4.78, 5) is 14.8. The quantitative estimate of drug-likeness (QED) is 0.366. The zero-order chi connectivity index (χ0) is 10.3. The largest absolute Gasteiger partial charge is 0.481 e. The minimum absolute atomic E-state index is 0.0914. The van der Waals surface area contributed by atoms with Gasteiger partial charge in [0.2, 0.25) is 5.88 Å². The first-order valence-electron chi connectivity index (χ1n) is 3.76. The van der Waals surface area contributed by atoms with Crippen molar-refractivity contribution in [2.24, 2.45) is 4.99 Å². The lowest BCUT2D eigenvalue weighted by atomic mass is 10.4. The molecule has 0 fully saturated rings. The first-order chi connectivity index (χ1) is 6.15. The molecular formula is C9H13NO3. The van der Waals surface area contributed by atoms with E-state index in [0.29, 0.717) is 6.61 Å². The molecule has 72 valence electrons. The Morgan fingerprint density at radius 2 is 2.23 bits per heavy atom. The van der Waals surface area contributed by atoms with Crippen LogP contribution in [0.3, 0.4) is 0 Å².